The second kappa shape index (κ2) is 6.66. The minimum absolute atomic E-state index is 0.121. The fourth-order valence-electron chi connectivity index (χ4n) is 5.23. The maximum absolute atomic E-state index is 13.0. The molecule has 4 heterocycles. The maximum Gasteiger partial charge on any atom is 0.262 e. The van der Waals surface area contributed by atoms with Crippen molar-refractivity contribution in [2.24, 2.45) is 0 Å². The molecule has 5 rings (SSSR count). The summed E-state index contributed by atoms with van der Waals surface area (Å²) >= 11 is 0. The van der Waals surface area contributed by atoms with Crippen LogP contribution in [-0.4, -0.2) is 59.7 Å². The molecule has 4 aliphatic rings. The summed E-state index contributed by atoms with van der Waals surface area (Å²) in [5, 5.41) is 5.86. The van der Waals surface area contributed by atoms with Gasteiger partial charge < -0.3 is 10.2 Å². The largest absolute Gasteiger partial charge is 0.371 e. The molecule has 2 bridgehead atoms. The first kappa shape index (κ1) is 18.3. The van der Waals surface area contributed by atoms with E-state index in [0.29, 0.717) is 29.3 Å². The second-order valence-corrected chi connectivity index (χ2v) is 8.55. The summed E-state index contributed by atoms with van der Waals surface area (Å²) < 4.78 is 0. The smallest absolute Gasteiger partial charge is 0.262 e. The molecule has 4 amide bonds. The average Bonchev–Trinajstić information content (AvgIpc) is 3.17. The number of piperidine rings is 2. The Hall–Kier alpha value is -2.74. The molecule has 8 heteroatoms. The van der Waals surface area contributed by atoms with E-state index in [9.17, 15) is 19.2 Å². The number of hydrogen-bond donors (Lipinski definition) is 2. The Bertz CT molecular complexity index is 917. The fraction of sp³-hybridized carbons (Fsp3) is 0.524. The topological polar surface area (TPSA) is 98.8 Å². The lowest BCUT2D eigenvalue weighted by Crippen LogP contribution is -2.54. The number of rotatable bonds is 3. The van der Waals surface area contributed by atoms with Gasteiger partial charge in [0.15, 0.2) is 0 Å². The monoisotopic (exact) mass is 396 g/mol. The molecule has 8 nitrogen and oxygen atoms in total. The fourth-order valence-corrected chi connectivity index (χ4v) is 5.23. The highest BCUT2D eigenvalue weighted by Gasteiger charge is 2.45. The number of benzene rings is 1. The summed E-state index contributed by atoms with van der Waals surface area (Å²) in [5.41, 5.74) is 1.56. The molecule has 1 aromatic rings. The highest BCUT2D eigenvalue weighted by molar-refractivity contribution is 6.23. The van der Waals surface area contributed by atoms with Crippen molar-refractivity contribution in [3.63, 3.8) is 0 Å². The summed E-state index contributed by atoms with van der Waals surface area (Å²) in [7, 11) is 2.04. The standard InChI is InChI=1S/C21H24N4O4/c1-24(14-8-11-2-3-12(9-14)22-11)13-4-5-15-16(10-13)21(29)25(20(15)28)17-6-7-18(26)23-19(17)27/h4-5,10-12,14,17,22H,2-3,6-9H2,1H3,(H,23,26,27)/t11-,12+,14?,17?. The molecule has 0 aliphatic carbocycles. The third-order valence-corrected chi connectivity index (χ3v) is 6.83. The van der Waals surface area contributed by atoms with Gasteiger partial charge in [0.25, 0.3) is 11.8 Å². The van der Waals surface area contributed by atoms with E-state index in [-0.39, 0.29) is 18.7 Å². The van der Waals surface area contributed by atoms with E-state index in [1.807, 2.05) is 13.1 Å². The van der Waals surface area contributed by atoms with E-state index in [1.165, 1.54) is 12.8 Å². The number of nitrogens with zero attached hydrogens (tertiary/aromatic N) is 2. The second-order valence-electron chi connectivity index (χ2n) is 8.55. The van der Waals surface area contributed by atoms with Crippen LogP contribution >= 0.6 is 0 Å². The Balaban J connectivity index is 1.39. The zero-order valence-electron chi connectivity index (χ0n) is 16.3. The predicted molar refractivity (Wildman–Crippen MR) is 104 cm³/mol. The summed E-state index contributed by atoms with van der Waals surface area (Å²) in [5.74, 6) is -1.88. The molecular weight excluding hydrogens is 372 g/mol. The number of imide groups is 2. The highest BCUT2D eigenvalue weighted by Crippen LogP contribution is 2.34. The van der Waals surface area contributed by atoms with Crippen LogP contribution in [0.4, 0.5) is 5.69 Å². The molecule has 0 saturated carbocycles. The van der Waals surface area contributed by atoms with E-state index in [1.54, 1.807) is 12.1 Å². The van der Waals surface area contributed by atoms with Crippen LogP contribution in [0.1, 0.15) is 59.2 Å². The molecule has 0 aromatic heterocycles. The van der Waals surface area contributed by atoms with Gasteiger partial charge in [-0.2, -0.15) is 0 Å². The van der Waals surface area contributed by atoms with Crippen LogP contribution in [0.25, 0.3) is 0 Å². The number of anilines is 1. The van der Waals surface area contributed by atoms with E-state index >= 15 is 0 Å². The Kier molecular flexibility index (Phi) is 4.20. The molecule has 3 saturated heterocycles. The van der Waals surface area contributed by atoms with E-state index in [0.717, 1.165) is 23.4 Å². The Morgan fingerprint density at radius 1 is 0.966 bits per heavy atom. The number of carbonyl (C=O) groups is 4. The first-order valence-electron chi connectivity index (χ1n) is 10.3. The van der Waals surface area contributed by atoms with Crippen molar-refractivity contribution in [1.29, 1.82) is 0 Å². The van der Waals surface area contributed by atoms with Crippen molar-refractivity contribution in [2.75, 3.05) is 11.9 Å². The first-order valence-corrected chi connectivity index (χ1v) is 10.3. The zero-order valence-corrected chi connectivity index (χ0v) is 16.3. The molecule has 3 fully saturated rings. The third-order valence-electron chi connectivity index (χ3n) is 6.83. The lowest BCUT2D eigenvalue weighted by atomic mass is 9.97. The molecule has 2 unspecified atom stereocenters. The van der Waals surface area contributed by atoms with Gasteiger partial charge >= 0.3 is 0 Å². The van der Waals surface area contributed by atoms with Crippen LogP contribution in [0.5, 0.6) is 0 Å². The van der Waals surface area contributed by atoms with Crippen LogP contribution in [0.2, 0.25) is 0 Å². The predicted octanol–water partition coefficient (Wildman–Crippen LogP) is 0.807. The lowest BCUT2D eigenvalue weighted by Gasteiger charge is -2.37. The normalized spacial score (nSPS) is 31.1. The van der Waals surface area contributed by atoms with Gasteiger partial charge in [-0.25, -0.2) is 0 Å². The van der Waals surface area contributed by atoms with E-state index in [4.69, 9.17) is 0 Å². The van der Waals surface area contributed by atoms with Crippen LogP contribution in [0, 0.1) is 0 Å². The Morgan fingerprint density at radius 3 is 2.34 bits per heavy atom. The summed E-state index contributed by atoms with van der Waals surface area (Å²) in [4.78, 5) is 52.7. The van der Waals surface area contributed by atoms with Gasteiger partial charge in [-0.1, -0.05) is 0 Å². The zero-order chi connectivity index (χ0) is 20.3. The molecular formula is C21H24N4O4. The number of nitrogens with one attached hydrogen (secondary N) is 2. The van der Waals surface area contributed by atoms with Crippen LogP contribution in [0.15, 0.2) is 18.2 Å². The van der Waals surface area contributed by atoms with Gasteiger partial charge in [0.05, 0.1) is 11.1 Å². The Morgan fingerprint density at radius 2 is 1.66 bits per heavy atom. The molecule has 1 aromatic carbocycles. The van der Waals surface area contributed by atoms with Crippen molar-refractivity contribution in [3.05, 3.63) is 29.3 Å². The summed E-state index contributed by atoms with van der Waals surface area (Å²) in [6, 6.07) is 5.91. The SMILES string of the molecule is CN(c1ccc2c(c1)C(=O)N(C1CCC(=O)NC1=O)C2=O)C1C[C@H]2CC[C@@H](C1)N2. The van der Waals surface area contributed by atoms with Crippen molar-refractivity contribution in [1.82, 2.24) is 15.5 Å². The number of fused-ring (bicyclic) bond motifs is 3. The first-order chi connectivity index (χ1) is 13.9. The van der Waals surface area contributed by atoms with Gasteiger partial charge in [-0.05, 0) is 50.3 Å². The summed E-state index contributed by atoms with van der Waals surface area (Å²) in [6.07, 6.45) is 4.86. The minimum atomic E-state index is -0.929. The molecule has 152 valence electrons. The van der Waals surface area contributed by atoms with Gasteiger partial charge in [0, 0.05) is 37.3 Å². The van der Waals surface area contributed by atoms with E-state index < -0.39 is 23.8 Å². The van der Waals surface area contributed by atoms with Crippen molar-refractivity contribution in [3.8, 4) is 0 Å². The molecule has 0 spiro atoms. The molecule has 2 N–H and O–H groups in total. The number of carbonyl (C=O) groups excluding carboxylic acids is 4. The van der Waals surface area contributed by atoms with Crippen molar-refractivity contribution >= 4 is 29.3 Å². The number of hydrogen-bond acceptors (Lipinski definition) is 6. The Labute approximate surface area is 168 Å². The van der Waals surface area contributed by atoms with Crippen LogP contribution in [-0.2, 0) is 9.59 Å². The molecule has 4 atom stereocenters. The van der Waals surface area contributed by atoms with Gasteiger partial charge in [-0.15, -0.1) is 0 Å². The lowest BCUT2D eigenvalue weighted by molar-refractivity contribution is -0.136. The molecule has 4 aliphatic heterocycles. The van der Waals surface area contributed by atoms with Crippen molar-refractivity contribution < 1.29 is 19.2 Å². The van der Waals surface area contributed by atoms with Gasteiger partial charge in [0.2, 0.25) is 11.8 Å². The van der Waals surface area contributed by atoms with Gasteiger partial charge in [-0.3, -0.25) is 29.4 Å². The van der Waals surface area contributed by atoms with Gasteiger partial charge in [0.1, 0.15) is 6.04 Å². The maximum atomic E-state index is 13.0. The molecule has 29 heavy (non-hydrogen) atoms. The third kappa shape index (κ3) is 2.93. The van der Waals surface area contributed by atoms with E-state index in [2.05, 4.69) is 15.5 Å². The average molecular weight is 396 g/mol. The summed E-state index contributed by atoms with van der Waals surface area (Å²) in [6.45, 7) is 0. The number of amides is 4. The quantitative estimate of drug-likeness (QED) is 0.734. The molecule has 0 radical (unpaired) electrons. The van der Waals surface area contributed by atoms with Crippen molar-refractivity contribution in [2.45, 2.75) is 62.7 Å². The van der Waals surface area contributed by atoms with Crippen LogP contribution < -0.4 is 15.5 Å². The van der Waals surface area contributed by atoms with Crippen LogP contribution in [0.3, 0.4) is 0 Å². The minimum Gasteiger partial charge on any atom is -0.371 e. The highest BCUT2D eigenvalue weighted by atomic mass is 16.2.